The van der Waals surface area contributed by atoms with Gasteiger partial charge in [-0.2, -0.15) is 0 Å². The maximum absolute atomic E-state index is 15.7. The van der Waals surface area contributed by atoms with Crippen molar-refractivity contribution in [3.8, 4) is 5.75 Å². The summed E-state index contributed by atoms with van der Waals surface area (Å²) in [5.41, 5.74) is -1.26. The minimum absolute atomic E-state index is 0.0463. The zero-order chi connectivity index (χ0) is 48.1. The number of aromatic nitrogens is 1. The van der Waals surface area contributed by atoms with Crippen LogP contribution in [-0.4, -0.2) is 159 Å². The molecule has 68 heavy (non-hydrogen) atoms. The average Bonchev–Trinajstić information content (AvgIpc) is 4.00. The number of carbonyl (C=O) groups is 4. The number of methoxy groups -OCH3 is 3. The highest BCUT2D eigenvalue weighted by Crippen LogP contribution is 2.68. The summed E-state index contributed by atoms with van der Waals surface area (Å²) < 4.78 is 24.3. The van der Waals surface area contributed by atoms with Crippen molar-refractivity contribution < 1.29 is 43.2 Å². The predicted octanol–water partition coefficient (Wildman–Crippen LogP) is 4.46. The third kappa shape index (κ3) is 6.50. The van der Waals surface area contributed by atoms with Gasteiger partial charge in [0.25, 0.3) is 0 Å². The number of carbonyl (C=O) groups excluding carboxylic acids is 4. The summed E-state index contributed by atoms with van der Waals surface area (Å²) in [6.07, 6.45) is 7.91. The molecule has 0 radical (unpaired) electrons. The molecule has 3 aromatic rings. The van der Waals surface area contributed by atoms with E-state index in [2.05, 4.69) is 69.3 Å². The number of H-pyrrole nitrogens is 1. The minimum Gasteiger partial charge on any atom is -0.496 e. The Labute approximate surface area is 399 Å². The van der Waals surface area contributed by atoms with Crippen molar-refractivity contribution in [2.24, 2.45) is 17.3 Å². The Morgan fingerprint density at radius 3 is 2.35 bits per heavy atom. The highest BCUT2D eigenvalue weighted by molar-refractivity contribution is 5.95. The fourth-order valence-corrected chi connectivity index (χ4v) is 15.3. The second kappa shape index (κ2) is 16.9. The number of likely N-dealkylation sites (tertiary alicyclic amines) is 1. The first kappa shape index (κ1) is 46.8. The Kier molecular flexibility index (Phi) is 11.6. The van der Waals surface area contributed by atoms with E-state index in [0.717, 1.165) is 78.9 Å². The molecule has 1 amide bonds. The van der Waals surface area contributed by atoms with Gasteiger partial charge in [-0.05, 0) is 107 Å². The normalized spacial score (nSPS) is 35.5. The number of esters is 3. The SMILES string of the molecule is CC[C@]1(NC(=O)C2CCN(C)CC2)C[C@H]2CN(CCc3c([nH]c4ccccc34)[C@@](C(=O)OC)(c3cc4c(cc3OC)N(C)[C@H]3[C@@](O)(C(=O)OC)[C@H](OC(C)=O)[C@]5(CC)C=CCN6CC[C@]43[C@@H]65)C2)C1. The van der Waals surface area contributed by atoms with Crippen LogP contribution in [0.3, 0.4) is 0 Å². The number of para-hydroxylation sites is 1. The number of nitrogens with zero attached hydrogens (tertiary/aromatic N) is 4. The molecular formula is C53H70N6O9. The quantitative estimate of drug-likeness (QED) is 0.157. The van der Waals surface area contributed by atoms with E-state index in [4.69, 9.17) is 18.9 Å². The van der Waals surface area contributed by atoms with Crippen LogP contribution in [0.2, 0.25) is 0 Å². The van der Waals surface area contributed by atoms with Gasteiger partial charge in [-0.1, -0.05) is 44.2 Å². The number of aromatic amines is 1. The Balaban J connectivity index is 1.20. The Morgan fingerprint density at radius 2 is 1.66 bits per heavy atom. The molecule has 1 aliphatic carbocycles. The summed E-state index contributed by atoms with van der Waals surface area (Å²) in [6.45, 7) is 10.7. The Morgan fingerprint density at radius 1 is 0.912 bits per heavy atom. The number of amides is 1. The zero-order valence-electron chi connectivity index (χ0n) is 41.1. The first-order valence-corrected chi connectivity index (χ1v) is 24.9. The van der Waals surface area contributed by atoms with Crippen molar-refractivity contribution >= 4 is 40.4 Å². The third-order valence-corrected chi connectivity index (χ3v) is 18.1. The lowest BCUT2D eigenvalue weighted by Crippen LogP contribution is -2.81. The van der Waals surface area contributed by atoms with Crippen molar-refractivity contribution in [3.05, 3.63) is 70.9 Å². The van der Waals surface area contributed by atoms with Crippen LogP contribution < -0.4 is 15.0 Å². The summed E-state index contributed by atoms with van der Waals surface area (Å²) in [4.78, 5) is 70.6. The molecule has 2 aromatic carbocycles. The number of fused-ring (bicyclic) bond motifs is 6. The number of piperidine rings is 2. The van der Waals surface area contributed by atoms with E-state index >= 15 is 4.79 Å². The van der Waals surface area contributed by atoms with Crippen LogP contribution in [0.25, 0.3) is 10.9 Å². The van der Waals surface area contributed by atoms with Crippen LogP contribution in [0.5, 0.6) is 5.75 Å². The first-order valence-electron chi connectivity index (χ1n) is 24.9. The van der Waals surface area contributed by atoms with Gasteiger partial charge in [0.15, 0.2) is 6.10 Å². The highest BCUT2D eigenvalue weighted by atomic mass is 16.6. The van der Waals surface area contributed by atoms with Crippen molar-refractivity contribution in [2.75, 3.05) is 86.1 Å². The summed E-state index contributed by atoms with van der Waals surface area (Å²) in [5.74, 6) is -1.46. The zero-order valence-corrected chi connectivity index (χ0v) is 41.1. The topological polar surface area (TPSA) is 166 Å². The first-order chi connectivity index (χ1) is 32.6. The smallest absolute Gasteiger partial charge is 0.344 e. The molecule has 6 aliphatic heterocycles. The fourth-order valence-electron chi connectivity index (χ4n) is 15.3. The molecule has 1 unspecified atom stereocenters. The molecule has 1 spiro atoms. The minimum atomic E-state index is -2.32. The third-order valence-electron chi connectivity index (χ3n) is 18.1. The monoisotopic (exact) mass is 935 g/mol. The second-order valence-corrected chi connectivity index (χ2v) is 21.3. The van der Waals surface area contributed by atoms with Crippen molar-refractivity contribution in [2.45, 2.75) is 112 Å². The van der Waals surface area contributed by atoms with Gasteiger partial charge in [-0.15, -0.1) is 0 Å². The number of hydrogen-bond acceptors (Lipinski definition) is 13. The van der Waals surface area contributed by atoms with E-state index in [1.165, 1.54) is 21.1 Å². The van der Waals surface area contributed by atoms with Crippen molar-refractivity contribution in [1.82, 2.24) is 25.0 Å². The molecule has 15 heteroatoms. The molecule has 3 saturated heterocycles. The number of benzene rings is 2. The van der Waals surface area contributed by atoms with Gasteiger partial charge in [-0.25, -0.2) is 4.79 Å². The molecular weight excluding hydrogens is 865 g/mol. The standard InChI is InChI=1S/C53H70N6O9/c1-9-49(55-43(61)34-16-22-56(4)23-17-34)28-33-29-52(47(62)66-7,42-36(18-24-58(30-33)31-49)35-14-11-12-15-39(35)54-42)38-26-37-40(27-41(38)65-6)57(5)45-51(37)20-25-59-21-13-19-50(10-2,44(51)59)46(68-32(3)60)53(45,64)48(63)67-8/h11-15,19,26-27,33-34,44-46,54,64H,9-10,16-18,20-25,28-31H2,1-8H3,(H,55,61)/t33-,44+,45-,46-,49+,50-,51-,52+,53+/m1/s1. The summed E-state index contributed by atoms with van der Waals surface area (Å²) in [5, 5.41) is 18.2. The fraction of sp³-hybridized carbons (Fsp3) is 0.623. The van der Waals surface area contributed by atoms with E-state index in [1.54, 1.807) is 7.11 Å². The molecule has 7 heterocycles. The summed E-state index contributed by atoms with van der Waals surface area (Å²) in [6, 6.07) is 11.1. The number of rotatable bonds is 9. The van der Waals surface area contributed by atoms with E-state index in [-0.39, 0.29) is 23.8 Å². The van der Waals surface area contributed by atoms with Gasteiger partial charge >= 0.3 is 17.9 Å². The van der Waals surface area contributed by atoms with Crippen molar-refractivity contribution in [3.63, 3.8) is 0 Å². The highest BCUT2D eigenvalue weighted by Gasteiger charge is 2.80. The van der Waals surface area contributed by atoms with E-state index in [0.29, 0.717) is 63.1 Å². The average molecular weight is 935 g/mol. The largest absolute Gasteiger partial charge is 0.496 e. The van der Waals surface area contributed by atoms with Gasteiger partial charge in [0.1, 0.15) is 11.2 Å². The van der Waals surface area contributed by atoms with Gasteiger partial charge in [-0.3, -0.25) is 19.3 Å². The lowest BCUT2D eigenvalue weighted by atomic mass is 9.47. The molecule has 10 atom stereocenters. The van der Waals surface area contributed by atoms with Gasteiger partial charge in [0.05, 0.1) is 32.9 Å². The number of nitrogens with one attached hydrogen (secondary N) is 2. The van der Waals surface area contributed by atoms with Crippen LogP contribution in [0.4, 0.5) is 5.69 Å². The van der Waals surface area contributed by atoms with Gasteiger partial charge < -0.3 is 49.1 Å². The van der Waals surface area contributed by atoms with Gasteiger partial charge in [0.2, 0.25) is 11.5 Å². The molecule has 7 aliphatic rings. The van der Waals surface area contributed by atoms with Crippen LogP contribution in [0.1, 0.15) is 88.1 Å². The second-order valence-electron chi connectivity index (χ2n) is 21.3. The maximum atomic E-state index is 15.7. The van der Waals surface area contributed by atoms with E-state index < -0.39 is 57.4 Å². The summed E-state index contributed by atoms with van der Waals surface area (Å²) >= 11 is 0. The Hall–Kier alpha value is -4.96. The number of aliphatic hydroxyl groups is 1. The van der Waals surface area contributed by atoms with Crippen LogP contribution >= 0.6 is 0 Å². The molecule has 2 bridgehead atoms. The number of likely N-dealkylation sites (N-methyl/N-ethyl adjacent to an activating group) is 1. The van der Waals surface area contributed by atoms with Crippen LogP contribution in [0, 0.1) is 17.3 Å². The molecule has 3 N–H and O–H groups in total. The predicted molar refractivity (Wildman–Crippen MR) is 257 cm³/mol. The molecule has 15 nitrogen and oxygen atoms in total. The number of anilines is 1. The number of hydrogen-bond donors (Lipinski definition) is 3. The van der Waals surface area contributed by atoms with Crippen LogP contribution in [0.15, 0.2) is 48.6 Å². The van der Waals surface area contributed by atoms with Gasteiger partial charge in [0, 0.05) is 96.9 Å². The lowest BCUT2D eigenvalue weighted by Gasteiger charge is -2.63. The maximum Gasteiger partial charge on any atom is 0.344 e. The Bertz CT molecular complexity index is 2550. The lowest BCUT2D eigenvalue weighted by molar-refractivity contribution is -0.228. The molecule has 366 valence electrons. The van der Waals surface area contributed by atoms with E-state index in [9.17, 15) is 19.5 Å². The number of ether oxygens (including phenoxy) is 4. The molecule has 10 rings (SSSR count). The molecule has 1 aromatic heterocycles. The van der Waals surface area contributed by atoms with Crippen LogP contribution in [-0.2, 0) is 50.6 Å². The summed E-state index contributed by atoms with van der Waals surface area (Å²) in [7, 11) is 8.32. The molecule has 4 fully saturated rings. The van der Waals surface area contributed by atoms with E-state index in [1.807, 2.05) is 37.1 Å². The van der Waals surface area contributed by atoms with Crippen molar-refractivity contribution in [1.29, 1.82) is 0 Å². The molecule has 1 saturated carbocycles.